The van der Waals surface area contributed by atoms with Crippen LogP contribution in [0.15, 0.2) is 42.5 Å². The number of hydrogen-bond acceptors (Lipinski definition) is 7. The quantitative estimate of drug-likeness (QED) is 0.494. The SMILES string of the molecule is COC(=O)c1ccc(NC(=O)c2ccc([N+](=O)[O-])cc2)c(C(=O)OC)c1. The molecule has 0 bridgehead atoms. The molecule has 0 saturated heterocycles. The number of hydrogen-bond donors (Lipinski definition) is 1. The molecule has 1 amide bonds. The van der Waals surface area contributed by atoms with E-state index in [9.17, 15) is 24.5 Å². The van der Waals surface area contributed by atoms with Crippen LogP contribution >= 0.6 is 0 Å². The van der Waals surface area contributed by atoms with Gasteiger partial charge in [-0.25, -0.2) is 9.59 Å². The molecule has 0 spiro atoms. The average molecular weight is 358 g/mol. The van der Waals surface area contributed by atoms with Crippen LogP contribution in [0.5, 0.6) is 0 Å². The predicted molar refractivity (Wildman–Crippen MR) is 90.2 cm³/mol. The lowest BCUT2D eigenvalue weighted by atomic mass is 10.1. The Morgan fingerprint density at radius 1 is 0.923 bits per heavy atom. The second-order valence-electron chi connectivity index (χ2n) is 5.00. The van der Waals surface area contributed by atoms with Gasteiger partial charge in [0.15, 0.2) is 0 Å². The van der Waals surface area contributed by atoms with Crippen molar-refractivity contribution in [3.8, 4) is 0 Å². The van der Waals surface area contributed by atoms with Crippen molar-refractivity contribution < 1.29 is 28.8 Å². The first-order valence-electron chi connectivity index (χ1n) is 7.24. The van der Waals surface area contributed by atoms with Gasteiger partial charge in [-0.05, 0) is 30.3 Å². The van der Waals surface area contributed by atoms with Gasteiger partial charge in [0.05, 0.1) is 36.0 Å². The second-order valence-corrected chi connectivity index (χ2v) is 5.00. The van der Waals surface area contributed by atoms with Crippen molar-refractivity contribution in [2.24, 2.45) is 0 Å². The molecule has 0 aliphatic rings. The molecule has 0 saturated carbocycles. The Bertz CT molecular complexity index is 875. The first kappa shape index (κ1) is 18.6. The third-order valence-corrected chi connectivity index (χ3v) is 3.43. The van der Waals surface area contributed by atoms with Crippen LogP contribution < -0.4 is 5.32 Å². The van der Waals surface area contributed by atoms with Crippen molar-refractivity contribution in [3.05, 3.63) is 69.3 Å². The largest absolute Gasteiger partial charge is 0.465 e. The van der Waals surface area contributed by atoms with Gasteiger partial charge in [0.2, 0.25) is 0 Å². The lowest BCUT2D eigenvalue weighted by Gasteiger charge is -2.11. The fraction of sp³-hybridized carbons (Fsp3) is 0.118. The smallest absolute Gasteiger partial charge is 0.340 e. The van der Waals surface area contributed by atoms with Crippen LogP contribution in [-0.4, -0.2) is 37.0 Å². The Kier molecular flexibility index (Phi) is 5.63. The first-order valence-corrected chi connectivity index (χ1v) is 7.24. The van der Waals surface area contributed by atoms with E-state index in [-0.39, 0.29) is 28.1 Å². The van der Waals surface area contributed by atoms with Crippen LogP contribution in [-0.2, 0) is 9.47 Å². The van der Waals surface area contributed by atoms with Gasteiger partial charge < -0.3 is 14.8 Å². The fourth-order valence-corrected chi connectivity index (χ4v) is 2.11. The Balaban J connectivity index is 2.32. The number of amides is 1. The summed E-state index contributed by atoms with van der Waals surface area (Å²) >= 11 is 0. The molecule has 0 unspecified atom stereocenters. The highest BCUT2D eigenvalue weighted by atomic mass is 16.6. The number of carbonyl (C=O) groups is 3. The molecule has 134 valence electrons. The minimum Gasteiger partial charge on any atom is -0.465 e. The average Bonchev–Trinajstić information content (AvgIpc) is 2.66. The number of carbonyl (C=O) groups excluding carboxylic acids is 3. The molecule has 1 N–H and O–H groups in total. The highest BCUT2D eigenvalue weighted by Crippen LogP contribution is 2.21. The first-order chi connectivity index (χ1) is 12.4. The summed E-state index contributed by atoms with van der Waals surface area (Å²) in [5, 5.41) is 13.2. The second kappa shape index (κ2) is 7.88. The number of anilines is 1. The normalized spacial score (nSPS) is 9.92. The molecule has 26 heavy (non-hydrogen) atoms. The summed E-state index contributed by atoms with van der Waals surface area (Å²) in [6.07, 6.45) is 0. The highest BCUT2D eigenvalue weighted by molar-refractivity contribution is 6.09. The van der Waals surface area contributed by atoms with Gasteiger partial charge in [0, 0.05) is 17.7 Å². The zero-order chi connectivity index (χ0) is 19.3. The van der Waals surface area contributed by atoms with E-state index in [0.29, 0.717) is 0 Å². The number of benzene rings is 2. The van der Waals surface area contributed by atoms with Crippen LogP contribution in [0, 0.1) is 10.1 Å². The van der Waals surface area contributed by atoms with E-state index >= 15 is 0 Å². The number of nitrogens with one attached hydrogen (secondary N) is 1. The van der Waals surface area contributed by atoms with Crippen LogP contribution in [0.3, 0.4) is 0 Å². The third kappa shape index (κ3) is 4.01. The molecule has 2 aromatic carbocycles. The zero-order valence-electron chi connectivity index (χ0n) is 13.8. The molecule has 2 aromatic rings. The van der Waals surface area contributed by atoms with Gasteiger partial charge in [-0.3, -0.25) is 14.9 Å². The molecule has 9 nitrogen and oxygen atoms in total. The van der Waals surface area contributed by atoms with Crippen molar-refractivity contribution in [1.29, 1.82) is 0 Å². The number of ether oxygens (including phenoxy) is 2. The van der Waals surface area contributed by atoms with Crippen LogP contribution in [0.25, 0.3) is 0 Å². The van der Waals surface area contributed by atoms with Gasteiger partial charge in [0.1, 0.15) is 0 Å². The monoisotopic (exact) mass is 358 g/mol. The number of nitro groups is 1. The highest BCUT2D eigenvalue weighted by Gasteiger charge is 2.18. The molecule has 0 fully saturated rings. The van der Waals surface area contributed by atoms with E-state index in [4.69, 9.17) is 0 Å². The number of esters is 2. The summed E-state index contributed by atoms with van der Waals surface area (Å²) in [5.74, 6) is -1.99. The molecular weight excluding hydrogens is 344 g/mol. The minimum absolute atomic E-state index is 0.0364. The molecule has 0 aliphatic heterocycles. The Morgan fingerprint density at radius 3 is 2.04 bits per heavy atom. The molecule has 0 aromatic heterocycles. The predicted octanol–water partition coefficient (Wildman–Crippen LogP) is 2.42. The number of nitrogens with zero attached hydrogens (tertiary/aromatic N) is 1. The lowest BCUT2D eigenvalue weighted by molar-refractivity contribution is -0.384. The molecule has 9 heteroatoms. The Hall–Kier alpha value is -3.75. The lowest BCUT2D eigenvalue weighted by Crippen LogP contribution is -2.16. The number of rotatable bonds is 5. The standard InChI is InChI=1S/C17H14N2O7/c1-25-16(21)11-5-8-14(13(9-11)17(22)26-2)18-15(20)10-3-6-12(7-4-10)19(23)24/h3-9H,1-2H3,(H,18,20). The van der Waals surface area contributed by atoms with Crippen molar-refractivity contribution in [2.75, 3.05) is 19.5 Å². The molecular formula is C17H14N2O7. The Labute approximate surface area is 147 Å². The zero-order valence-corrected chi connectivity index (χ0v) is 13.8. The van der Waals surface area contributed by atoms with E-state index in [0.717, 1.165) is 7.11 Å². The van der Waals surface area contributed by atoms with Crippen LogP contribution in [0.4, 0.5) is 11.4 Å². The van der Waals surface area contributed by atoms with E-state index in [1.54, 1.807) is 0 Å². The molecule has 2 rings (SSSR count). The molecule has 0 atom stereocenters. The minimum atomic E-state index is -0.755. The van der Waals surface area contributed by atoms with Gasteiger partial charge in [0.25, 0.3) is 11.6 Å². The van der Waals surface area contributed by atoms with Gasteiger partial charge in [-0.1, -0.05) is 0 Å². The van der Waals surface area contributed by atoms with Crippen LogP contribution in [0.1, 0.15) is 31.1 Å². The number of non-ortho nitro benzene ring substituents is 1. The van der Waals surface area contributed by atoms with Crippen molar-refractivity contribution in [1.82, 2.24) is 0 Å². The topological polar surface area (TPSA) is 125 Å². The summed E-state index contributed by atoms with van der Waals surface area (Å²) in [6, 6.07) is 8.93. The van der Waals surface area contributed by atoms with Crippen molar-refractivity contribution >= 4 is 29.2 Å². The Morgan fingerprint density at radius 2 is 1.50 bits per heavy atom. The summed E-state index contributed by atoms with van der Waals surface area (Å²) in [7, 11) is 2.36. The molecule has 0 heterocycles. The van der Waals surface area contributed by atoms with Crippen molar-refractivity contribution in [3.63, 3.8) is 0 Å². The number of methoxy groups -OCH3 is 2. The van der Waals surface area contributed by atoms with Gasteiger partial charge in [-0.15, -0.1) is 0 Å². The summed E-state index contributed by atoms with van der Waals surface area (Å²) < 4.78 is 9.25. The third-order valence-electron chi connectivity index (χ3n) is 3.43. The maximum Gasteiger partial charge on any atom is 0.340 e. The maximum atomic E-state index is 12.3. The van der Waals surface area contributed by atoms with Crippen molar-refractivity contribution in [2.45, 2.75) is 0 Å². The van der Waals surface area contributed by atoms with Gasteiger partial charge in [-0.2, -0.15) is 0 Å². The molecule has 0 aliphatic carbocycles. The maximum absolute atomic E-state index is 12.3. The number of nitro benzene ring substituents is 1. The van der Waals surface area contributed by atoms with E-state index in [1.807, 2.05) is 0 Å². The van der Waals surface area contributed by atoms with Gasteiger partial charge >= 0.3 is 11.9 Å². The van der Waals surface area contributed by atoms with E-state index in [1.165, 1.54) is 49.6 Å². The van der Waals surface area contributed by atoms with Crippen LogP contribution in [0.2, 0.25) is 0 Å². The van der Waals surface area contributed by atoms with E-state index < -0.39 is 22.8 Å². The summed E-state index contributed by atoms with van der Waals surface area (Å²) in [4.78, 5) is 45.9. The summed E-state index contributed by atoms with van der Waals surface area (Å²) in [5.41, 5.74) is 0.197. The molecule has 0 radical (unpaired) electrons. The van der Waals surface area contributed by atoms with E-state index in [2.05, 4.69) is 14.8 Å². The summed E-state index contributed by atoms with van der Waals surface area (Å²) in [6.45, 7) is 0. The fourth-order valence-electron chi connectivity index (χ4n) is 2.11.